The molecule has 6 nitrogen and oxygen atoms in total. The van der Waals surface area contributed by atoms with Gasteiger partial charge in [-0.15, -0.1) is 0 Å². The van der Waals surface area contributed by atoms with E-state index in [0.717, 1.165) is 19.4 Å². The second kappa shape index (κ2) is 6.60. The van der Waals surface area contributed by atoms with Crippen molar-refractivity contribution in [3.05, 3.63) is 12.2 Å². The Morgan fingerprint density at radius 2 is 1.91 bits per heavy atom. The van der Waals surface area contributed by atoms with Gasteiger partial charge in [0.05, 0.1) is 17.9 Å². The third-order valence-corrected chi connectivity index (χ3v) is 4.71. The fourth-order valence-corrected chi connectivity index (χ4v) is 3.42. The largest absolute Gasteiger partial charge is 0.376 e. The summed E-state index contributed by atoms with van der Waals surface area (Å²) in [5.74, 6) is -0.804. The average molecular weight is 306 g/mol. The molecule has 2 fully saturated rings. The van der Waals surface area contributed by atoms with Crippen molar-refractivity contribution in [2.75, 3.05) is 19.7 Å². The highest BCUT2D eigenvalue weighted by Gasteiger charge is 2.46. The van der Waals surface area contributed by atoms with Crippen LogP contribution in [-0.2, 0) is 19.1 Å². The van der Waals surface area contributed by atoms with Crippen LogP contribution in [0, 0.1) is 11.8 Å². The van der Waals surface area contributed by atoms with Gasteiger partial charge < -0.3 is 10.1 Å². The molecule has 1 N–H and O–H groups in total. The van der Waals surface area contributed by atoms with E-state index in [9.17, 15) is 14.4 Å². The number of carbonyl (C=O) groups is 3. The van der Waals surface area contributed by atoms with Gasteiger partial charge in [0.1, 0.15) is 0 Å². The van der Waals surface area contributed by atoms with Crippen LogP contribution in [0.1, 0.15) is 32.1 Å². The highest BCUT2D eigenvalue weighted by molar-refractivity contribution is 6.05. The van der Waals surface area contributed by atoms with Crippen molar-refractivity contribution in [2.45, 2.75) is 38.2 Å². The molecule has 3 aliphatic rings. The van der Waals surface area contributed by atoms with E-state index < -0.39 is 0 Å². The predicted molar refractivity (Wildman–Crippen MR) is 78.7 cm³/mol. The Hall–Kier alpha value is -1.69. The van der Waals surface area contributed by atoms with Gasteiger partial charge in [-0.25, -0.2) is 0 Å². The fraction of sp³-hybridized carbons (Fsp3) is 0.688. The van der Waals surface area contributed by atoms with Crippen LogP contribution in [0.3, 0.4) is 0 Å². The average Bonchev–Trinajstić information content (AvgIpc) is 3.13. The Bertz CT molecular complexity index is 470. The molecule has 0 spiro atoms. The SMILES string of the molecule is O=C(CCN1C(=O)[C@H]2CC=CC[C@@H]2C1=O)NC[C@H]1CCCO1. The Kier molecular flexibility index (Phi) is 4.57. The van der Waals surface area contributed by atoms with Crippen molar-refractivity contribution in [3.8, 4) is 0 Å². The first-order chi connectivity index (χ1) is 10.7. The summed E-state index contributed by atoms with van der Waals surface area (Å²) in [5, 5.41) is 2.82. The number of hydrogen-bond acceptors (Lipinski definition) is 4. The lowest BCUT2D eigenvalue weighted by Crippen LogP contribution is -2.37. The van der Waals surface area contributed by atoms with Gasteiger partial charge in [-0.3, -0.25) is 19.3 Å². The maximum atomic E-state index is 12.2. The summed E-state index contributed by atoms with van der Waals surface area (Å²) in [5.41, 5.74) is 0. The molecule has 0 bridgehead atoms. The van der Waals surface area contributed by atoms with Gasteiger partial charge in [0.2, 0.25) is 17.7 Å². The van der Waals surface area contributed by atoms with Gasteiger partial charge >= 0.3 is 0 Å². The normalized spacial score (nSPS) is 30.7. The molecule has 0 aromatic heterocycles. The lowest BCUT2D eigenvalue weighted by molar-refractivity contribution is -0.140. The van der Waals surface area contributed by atoms with E-state index in [1.54, 1.807) is 0 Å². The zero-order valence-electron chi connectivity index (χ0n) is 12.6. The number of amides is 3. The lowest BCUT2D eigenvalue weighted by atomic mass is 9.85. The van der Waals surface area contributed by atoms with Crippen molar-refractivity contribution >= 4 is 17.7 Å². The fourth-order valence-electron chi connectivity index (χ4n) is 3.42. The van der Waals surface area contributed by atoms with E-state index in [0.29, 0.717) is 19.4 Å². The number of nitrogens with zero attached hydrogens (tertiary/aromatic N) is 1. The molecule has 2 heterocycles. The maximum absolute atomic E-state index is 12.2. The number of ether oxygens (including phenoxy) is 1. The Morgan fingerprint density at radius 3 is 2.50 bits per heavy atom. The van der Waals surface area contributed by atoms with Crippen LogP contribution in [0.15, 0.2) is 12.2 Å². The summed E-state index contributed by atoms with van der Waals surface area (Å²) < 4.78 is 5.44. The van der Waals surface area contributed by atoms with Crippen LogP contribution >= 0.6 is 0 Å². The quantitative estimate of drug-likeness (QED) is 0.597. The van der Waals surface area contributed by atoms with E-state index in [2.05, 4.69) is 5.32 Å². The van der Waals surface area contributed by atoms with E-state index >= 15 is 0 Å². The minimum Gasteiger partial charge on any atom is -0.376 e. The second-order valence-electron chi connectivity index (χ2n) is 6.17. The van der Waals surface area contributed by atoms with Gasteiger partial charge in [0, 0.05) is 26.1 Å². The molecule has 3 atom stereocenters. The summed E-state index contributed by atoms with van der Waals surface area (Å²) in [7, 11) is 0. The zero-order chi connectivity index (χ0) is 15.5. The first-order valence-corrected chi connectivity index (χ1v) is 8.05. The number of nitrogens with one attached hydrogen (secondary N) is 1. The van der Waals surface area contributed by atoms with Crippen LogP contribution in [0.2, 0.25) is 0 Å². The molecule has 1 aliphatic carbocycles. The van der Waals surface area contributed by atoms with Gasteiger partial charge in [-0.1, -0.05) is 12.2 Å². The number of allylic oxidation sites excluding steroid dienone is 2. The molecule has 0 radical (unpaired) electrons. The van der Waals surface area contributed by atoms with Gasteiger partial charge in [-0.05, 0) is 25.7 Å². The van der Waals surface area contributed by atoms with E-state index in [1.165, 1.54) is 4.90 Å². The standard InChI is InChI=1S/C16H22N2O4/c19-14(17-10-11-4-3-9-22-11)7-8-18-15(20)12-5-1-2-6-13(12)16(18)21/h1-2,11-13H,3-10H2,(H,17,19)/t11-,12+,13+/m1/s1. The van der Waals surface area contributed by atoms with Crippen LogP contribution < -0.4 is 5.32 Å². The number of likely N-dealkylation sites (tertiary alicyclic amines) is 1. The number of carbonyl (C=O) groups excluding carboxylic acids is 3. The predicted octanol–water partition coefficient (Wildman–Crippen LogP) is 0.623. The molecular formula is C16H22N2O4. The van der Waals surface area contributed by atoms with E-state index in [4.69, 9.17) is 4.74 Å². The zero-order valence-corrected chi connectivity index (χ0v) is 12.6. The maximum Gasteiger partial charge on any atom is 0.233 e. The van der Waals surface area contributed by atoms with Crippen LogP contribution in [-0.4, -0.2) is 48.4 Å². The highest BCUT2D eigenvalue weighted by Crippen LogP contribution is 2.34. The summed E-state index contributed by atoms with van der Waals surface area (Å²) in [6.45, 7) is 1.45. The van der Waals surface area contributed by atoms with Crippen LogP contribution in [0.5, 0.6) is 0 Å². The molecule has 22 heavy (non-hydrogen) atoms. The summed E-state index contributed by atoms with van der Waals surface area (Å²) in [4.78, 5) is 37.6. The molecule has 0 saturated carbocycles. The summed E-state index contributed by atoms with van der Waals surface area (Å²) >= 11 is 0. The third kappa shape index (κ3) is 3.06. The molecular weight excluding hydrogens is 284 g/mol. The second-order valence-corrected chi connectivity index (χ2v) is 6.17. The molecule has 3 rings (SSSR count). The molecule has 2 aliphatic heterocycles. The van der Waals surface area contributed by atoms with Gasteiger partial charge in [0.25, 0.3) is 0 Å². The Balaban J connectivity index is 1.45. The first-order valence-electron chi connectivity index (χ1n) is 8.05. The molecule has 120 valence electrons. The lowest BCUT2D eigenvalue weighted by Gasteiger charge is -2.15. The minimum absolute atomic E-state index is 0.105. The van der Waals surface area contributed by atoms with Gasteiger partial charge in [0.15, 0.2) is 0 Å². The minimum atomic E-state index is -0.215. The topological polar surface area (TPSA) is 75.7 Å². The Morgan fingerprint density at radius 1 is 1.23 bits per heavy atom. The van der Waals surface area contributed by atoms with Crippen LogP contribution in [0.25, 0.3) is 0 Å². The smallest absolute Gasteiger partial charge is 0.233 e. The molecule has 0 unspecified atom stereocenters. The summed E-state index contributed by atoms with van der Waals surface area (Å²) in [6, 6.07) is 0. The van der Waals surface area contributed by atoms with Crippen molar-refractivity contribution in [2.24, 2.45) is 11.8 Å². The number of hydrogen-bond donors (Lipinski definition) is 1. The number of fused-ring (bicyclic) bond motifs is 1. The highest BCUT2D eigenvalue weighted by atomic mass is 16.5. The Labute approximate surface area is 129 Å². The molecule has 0 aromatic carbocycles. The molecule has 0 aromatic rings. The van der Waals surface area contributed by atoms with Crippen molar-refractivity contribution < 1.29 is 19.1 Å². The van der Waals surface area contributed by atoms with Crippen molar-refractivity contribution in [1.29, 1.82) is 0 Å². The number of imide groups is 1. The first kappa shape index (κ1) is 15.2. The number of rotatable bonds is 5. The van der Waals surface area contributed by atoms with Crippen molar-refractivity contribution in [3.63, 3.8) is 0 Å². The van der Waals surface area contributed by atoms with Crippen molar-refractivity contribution in [1.82, 2.24) is 10.2 Å². The third-order valence-electron chi connectivity index (χ3n) is 4.71. The molecule has 3 amide bonds. The van der Waals surface area contributed by atoms with Crippen LogP contribution in [0.4, 0.5) is 0 Å². The summed E-state index contributed by atoms with van der Waals surface area (Å²) in [6.07, 6.45) is 7.47. The molecule has 6 heteroatoms. The van der Waals surface area contributed by atoms with E-state index in [-0.39, 0.29) is 48.6 Å². The van der Waals surface area contributed by atoms with E-state index in [1.807, 2.05) is 12.2 Å². The monoisotopic (exact) mass is 306 g/mol. The molecule has 2 saturated heterocycles. The van der Waals surface area contributed by atoms with Gasteiger partial charge in [-0.2, -0.15) is 0 Å².